The molecule has 5 nitrogen and oxygen atoms in total. The summed E-state index contributed by atoms with van der Waals surface area (Å²) in [6.07, 6.45) is 0. The Morgan fingerprint density at radius 2 is 1.70 bits per heavy atom. The number of methoxy groups -OCH3 is 1. The number of aliphatic hydroxyl groups excluding tert-OH is 1. The van der Waals surface area contributed by atoms with Crippen LogP contribution < -0.4 is 9.64 Å². The predicted octanol–water partition coefficient (Wildman–Crippen LogP) is 6.25. The van der Waals surface area contributed by atoms with Crippen molar-refractivity contribution in [1.82, 2.24) is 0 Å². The lowest BCUT2D eigenvalue weighted by atomic mass is 9.94. The maximum absolute atomic E-state index is 13.3. The van der Waals surface area contributed by atoms with Crippen LogP contribution in [-0.4, -0.2) is 23.9 Å². The van der Waals surface area contributed by atoms with Gasteiger partial charge in [-0.25, -0.2) is 0 Å². The number of anilines is 1. The van der Waals surface area contributed by atoms with Crippen molar-refractivity contribution in [2.75, 3.05) is 12.0 Å². The molecule has 168 valence electrons. The standard InChI is InChI=1S/C26H21Cl2NO4/c1-14-6-4-9-21(15(14)2)29-23(16-7-5-8-18(12-16)33-3)22(25(31)26(29)32)24(30)17-10-11-19(27)20(28)13-17/h4-13,23,30H,1-3H3/b24-22+. The second-order valence-electron chi connectivity index (χ2n) is 7.79. The van der Waals surface area contributed by atoms with E-state index in [1.807, 2.05) is 26.0 Å². The number of rotatable bonds is 4. The van der Waals surface area contributed by atoms with Crippen LogP contribution >= 0.6 is 23.2 Å². The third kappa shape index (κ3) is 3.99. The van der Waals surface area contributed by atoms with Gasteiger partial charge in [-0.2, -0.15) is 0 Å². The quantitative estimate of drug-likeness (QED) is 0.271. The Balaban J connectivity index is 2.00. The molecule has 1 N–H and O–H groups in total. The SMILES string of the molecule is COc1cccc(C2/C(=C(\O)c3ccc(Cl)c(Cl)c3)C(=O)C(=O)N2c2cccc(C)c2C)c1. The zero-order valence-corrected chi connectivity index (χ0v) is 19.7. The highest BCUT2D eigenvalue weighted by atomic mass is 35.5. The van der Waals surface area contributed by atoms with E-state index in [2.05, 4.69) is 0 Å². The van der Waals surface area contributed by atoms with Gasteiger partial charge in [0.2, 0.25) is 0 Å². The van der Waals surface area contributed by atoms with E-state index in [1.54, 1.807) is 36.4 Å². The number of hydrogen-bond donors (Lipinski definition) is 1. The molecule has 0 aromatic heterocycles. The molecule has 4 rings (SSSR count). The maximum Gasteiger partial charge on any atom is 0.300 e. The first-order valence-corrected chi connectivity index (χ1v) is 11.0. The third-order valence-corrected chi connectivity index (χ3v) is 6.62. The Bertz CT molecular complexity index is 1320. The first-order valence-electron chi connectivity index (χ1n) is 10.2. The Kier molecular flexibility index (Phi) is 6.19. The second-order valence-corrected chi connectivity index (χ2v) is 8.61. The minimum Gasteiger partial charge on any atom is -0.507 e. The van der Waals surface area contributed by atoms with Crippen LogP contribution in [0.15, 0.2) is 66.2 Å². The lowest BCUT2D eigenvalue weighted by molar-refractivity contribution is -0.132. The number of nitrogens with zero attached hydrogens (tertiary/aromatic N) is 1. The van der Waals surface area contributed by atoms with Crippen LogP contribution in [0, 0.1) is 13.8 Å². The zero-order valence-electron chi connectivity index (χ0n) is 18.2. The van der Waals surface area contributed by atoms with E-state index in [0.29, 0.717) is 22.0 Å². The molecule has 1 heterocycles. The molecule has 1 aliphatic heterocycles. The van der Waals surface area contributed by atoms with E-state index in [0.717, 1.165) is 11.1 Å². The van der Waals surface area contributed by atoms with Gasteiger partial charge in [-0.05, 0) is 66.9 Å². The number of ether oxygens (including phenoxy) is 1. The van der Waals surface area contributed by atoms with Gasteiger partial charge in [-0.15, -0.1) is 0 Å². The van der Waals surface area contributed by atoms with Crippen LogP contribution in [0.3, 0.4) is 0 Å². The number of ketones is 1. The van der Waals surface area contributed by atoms with E-state index in [9.17, 15) is 14.7 Å². The molecule has 1 aliphatic rings. The van der Waals surface area contributed by atoms with Crippen molar-refractivity contribution in [3.8, 4) is 5.75 Å². The fraction of sp³-hybridized carbons (Fsp3) is 0.154. The summed E-state index contributed by atoms with van der Waals surface area (Å²) >= 11 is 12.2. The van der Waals surface area contributed by atoms with Crippen LogP contribution in [0.25, 0.3) is 5.76 Å². The molecular formula is C26H21Cl2NO4. The maximum atomic E-state index is 13.3. The van der Waals surface area contributed by atoms with Gasteiger partial charge in [0.1, 0.15) is 11.5 Å². The van der Waals surface area contributed by atoms with Gasteiger partial charge in [-0.1, -0.05) is 47.5 Å². The lowest BCUT2D eigenvalue weighted by Gasteiger charge is -2.27. The molecule has 1 amide bonds. The summed E-state index contributed by atoms with van der Waals surface area (Å²) in [4.78, 5) is 28.1. The van der Waals surface area contributed by atoms with E-state index in [1.165, 1.54) is 24.1 Å². The van der Waals surface area contributed by atoms with Crippen LogP contribution in [0.1, 0.15) is 28.3 Å². The number of benzene rings is 3. The topological polar surface area (TPSA) is 66.8 Å². The summed E-state index contributed by atoms with van der Waals surface area (Å²) in [5.74, 6) is -1.27. The first-order chi connectivity index (χ1) is 15.7. The van der Waals surface area contributed by atoms with E-state index < -0.39 is 17.7 Å². The number of hydrogen-bond acceptors (Lipinski definition) is 4. The Hall–Kier alpha value is -3.28. The van der Waals surface area contributed by atoms with Gasteiger partial charge in [0.15, 0.2) is 0 Å². The van der Waals surface area contributed by atoms with Crippen LogP contribution in [0.4, 0.5) is 5.69 Å². The Morgan fingerprint density at radius 1 is 0.970 bits per heavy atom. The molecule has 0 bridgehead atoms. The molecule has 1 unspecified atom stereocenters. The molecule has 0 spiro atoms. The number of carbonyl (C=O) groups excluding carboxylic acids is 2. The van der Waals surface area contributed by atoms with Crippen molar-refractivity contribution in [1.29, 1.82) is 0 Å². The summed E-state index contributed by atoms with van der Waals surface area (Å²) in [5.41, 5.74) is 3.31. The highest BCUT2D eigenvalue weighted by molar-refractivity contribution is 6.52. The monoisotopic (exact) mass is 481 g/mol. The van der Waals surface area contributed by atoms with Crippen molar-refractivity contribution in [2.45, 2.75) is 19.9 Å². The first kappa shape index (κ1) is 22.9. The fourth-order valence-corrected chi connectivity index (χ4v) is 4.30. The molecule has 33 heavy (non-hydrogen) atoms. The molecule has 1 atom stereocenters. The number of Topliss-reactive ketones (excluding diaryl/α,β-unsaturated/α-hetero) is 1. The van der Waals surface area contributed by atoms with Crippen molar-refractivity contribution < 1.29 is 19.4 Å². The summed E-state index contributed by atoms with van der Waals surface area (Å²) in [6.45, 7) is 3.83. The molecule has 3 aromatic rings. The Morgan fingerprint density at radius 3 is 2.39 bits per heavy atom. The van der Waals surface area contributed by atoms with Gasteiger partial charge in [-0.3, -0.25) is 14.5 Å². The average Bonchev–Trinajstić information content (AvgIpc) is 3.07. The largest absolute Gasteiger partial charge is 0.507 e. The molecule has 3 aromatic carbocycles. The van der Waals surface area contributed by atoms with E-state index >= 15 is 0 Å². The van der Waals surface area contributed by atoms with Crippen LogP contribution in [0.5, 0.6) is 5.75 Å². The normalized spacial score (nSPS) is 17.5. The van der Waals surface area contributed by atoms with Gasteiger partial charge >= 0.3 is 0 Å². The van der Waals surface area contributed by atoms with E-state index in [-0.39, 0.29) is 21.9 Å². The molecule has 0 radical (unpaired) electrons. The summed E-state index contributed by atoms with van der Waals surface area (Å²) in [7, 11) is 1.54. The van der Waals surface area contributed by atoms with Crippen LogP contribution in [-0.2, 0) is 9.59 Å². The van der Waals surface area contributed by atoms with Crippen molar-refractivity contribution >= 4 is 46.3 Å². The smallest absolute Gasteiger partial charge is 0.300 e. The predicted molar refractivity (Wildman–Crippen MR) is 130 cm³/mol. The number of carbonyl (C=O) groups is 2. The second kappa shape index (κ2) is 8.93. The summed E-state index contributed by atoms with van der Waals surface area (Å²) < 4.78 is 5.36. The van der Waals surface area contributed by atoms with Gasteiger partial charge in [0.25, 0.3) is 11.7 Å². The minimum atomic E-state index is -0.866. The van der Waals surface area contributed by atoms with Crippen LogP contribution in [0.2, 0.25) is 10.0 Å². The Labute approximate surface area is 201 Å². The molecule has 7 heteroatoms. The molecule has 1 saturated heterocycles. The molecule has 0 saturated carbocycles. The van der Waals surface area contributed by atoms with E-state index in [4.69, 9.17) is 27.9 Å². The number of amides is 1. The fourth-order valence-electron chi connectivity index (χ4n) is 4.00. The molecular weight excluding hydrogens is 461 g/mol. The van der Waals surface area contributed by atoms with Crippen molar-refractivity contribution in [3.05, 3.63) is 98.5 Å². The number of halogens is 2. The van der Waals surface area contributed by atoms with Gasteiger partial charge in [0.05, 0.1) is 28.8 Å². The summed E-state index contributed by atoms with van der Waals surface area (Å²) in [6, 6.07) is 16.3. The molecule has 0 aliphatic carbocycles. The average molecular weight is 482 g/mol. The lowest BCUT2D eigenvalue weighted by Crippen LogP contribution is -2.30. The zero-order chi connectivity index (χ0) is 23.9. The number of aliphatic hydroxyl groups is 1. The van der Waals surface area contributed by atoms with Gasteiger partial charge in [0, 0.05) is 11.3 Å². The third-order valence-electron chi connectivity index (χ3n) is 5.88. The summed E-state index contributed by atoms with van der Waals surface area (Å²) in [5, 5.41) is 11.8. The number of aryl methyl sites for hydroxylation is 1. The van der Waals surface area contributed by atoms with Crippen molar-refractivity contribution in [3.63, 3.8) is 0 Å². The highest BCUT2D eigenvalue weighted by Crippen LogP contribution is 2.44. The highest BCUT2D eigenvalue weighted by Gasteiger charge is 2.47. The molecule has 1 fully saturated rings. The minimum absolute atomic E-state index is 0.0347. The van der Waals surface area contributed by atoms with Crippen molar-refractivity contribution in [2.24, 2.45) is 0 Å². The van der Waals surface area contributed by atoms with Gasteiger partial charge < -0.3 is 9.84 Å².